The normalized spacial score (nSPS) is 18.4. The number of anilines is 3. The van der Waals surface area contributed by atoms with Crippen LogP contribution in [0.4, 0.5) is 29.7 Å². The van der Waals surface area contributed by atoms with Crippen LogP contribution in [0.3, 0.4) is 0 Å². The number of aromatic nitrogens is 1. The van der Waals surface area contributed by atoms with Crippen LogP contribution in [0.1, 0.15) is 42.5 Å². The van der Waals surface area contributed by atoms with E-state index in [9.17, 15) is 18.0 Å². The lowest BCUT2D eigenvalue weighted by atomic mass is 9.89. The van der Waals surface area contributed by atoms with Gasteiger partial charge in [-0.2, -0.15) is 0 Å². The quantitative estimate of drug-likeness (QED) is 0.430. The summed E-state index contributed by atoms with van der Waals surface area (Å²) >= 11 is 1.25. The summed E-state index contributed by atoms with van der Waals surface area (Å²) < 4.78 is 42.3. The van der Waals surface area contributed by atoms with Gasteiger partial charge in [-0.05, 0) is 49.1 Å². The smallest absolute Gasteiger partial charge is 0.406 e. The van der Waals surface area contributed by atoms with Crippen molar-refractivity contribution < 1.29 is 22.7 Å². The van der Waals surface area contributed by atoms with Crippen molar-refractivity contribution >= 4 is 44.0 Å². The third-order valence-corrected chi connectivity index (χ3v) is 7.80. The number of thiazole rings is 1. The molecule has 1 aliphatic heterocycles. The average Bonchev–Trinajstić information content (AvgIpc) is 3.35. The largest absolute Gasteiger partial charge is 0.573 e. The fourth-order valence-electron chi connectivity index (χ4n) is 4.97. The molecule has 11 heteroatoms. The number of hydrogen-bond donors (Lipinski definition) is 2. The molecule has 192 valence electrons. The zero-order chi connectivity index (χ0) is 25.4. The van der Waals surface area contributed by atoms with Crippen molar-refractivity contribution in [3.05, 3.63) is 42.0 Å². The highest BCUT2D eigenvalue weighted by Gasteiger charge is 2.33. The molecular formula is C25H28F3N5O2S. The Hall–Kier alpha value is -3.21. The molecule has 0 spiro atoms. The number of benzene rings is 2. The van der Waals surface area contributed by atoms with Crippen LogP contribution < -0.4 is 25.2 Å². The summed E-state index contributed by atoms with van der Waals surface area (Å²) in [7, 11) is 3.86. The molecule has 2 aromatic carbocycles. The van der Waals surface area contributed by atoms with E-state index in [4.69, 9.17) is 0 Å². The van der Waals surface area contributed by atoms with E-state index < -0.39 is 6.36 Å². The first-order valence-corrected chi connectivity index (χ1v) is 12.8. The third kappa shape index (κ3) is 5.16. The molecule has 0 bridgehead atoms. The summed E-state index contributed by atoms with van der Waals surface area (Å²) in [6.45, 7) is 0.711. The molecule has 3 aromatic rings. The van der Waals surface area contributed by atoms with Gasteiger partial charge in [0.15, 0.2) is 11.4 Å². The van der Waals surface area contributed by atoms with Gasteiger partial charge < -0.3 is 25.2 Å². The summed E-state index contributed by atoms with van der Waals surface area (Å²) in [5.74, 6) is 0.213. The predicted molar refractivity (Wildman–Crippen MR) is 136 cm³/mol. The SMILES string of the molecule is CN1c2ccc(C(=O)NCC3CCCCC3)cc2N(C)C1Nc1nc2ccc(OC(F)(F)F)cc2s1. The number of alkyl halides is 3. The second-order valence-corrected chi connectivity index (χ2v) is 10.4. The van der Waals surface area contributed by atoms with E-state index >= 15 is 0 Å². The van der Waals surface area contributed by atoms with Gasteiger partial charge in [-0.3, -0.25) is 4.79 Å². The van der Waals surface area contributed by atoms with Crippen molar-refractivity contribution in [2.45, 2.75) is 44.8 Å². The summed E-state index contributed by atoms with van der Waals surface area (Å²) in [4.78, 5) is 21.4. The zero-order valence-electron chi connectivity index (χ0n) is 20.1. The van der Waals surface area contributed by atoms with Crippen LogP contribution >= 0.6 is 11.3 Å². The number of amides is 1. The molecule has 36 heavy (non-hydrogen) atoms. The Morgan fingerprint density at radius 3 is 2.58 bits per heavy atom. The van der Waals surface area contributed by atoms with E-state index in [0.717, 1.165) is 11.4 Å². The van der Waals surface area contributed by atoms with Gasteiger partial charge in [-0.15, -0.1) is 13.2 Å². The van der Waals surface area contributed by atoms with Crippen molar-refractivity contribution in [2.75, 3.05) is 35.8 Å². The Labute approximate surface area is 211 Å². The van der Waals surface area contributed by atoms with Crippen LogP contribution in [0.15, 0.2) is 36.4 Å². The standard InChI is InChI=1S/C25H28F3N5O2S/c1-32-19-11-8-16(22(34)29-14-15-6-4-3-5-7-15)12-20(19)33(2)24(32)31-23-30-18-10-9-17(13-21(18)36-23)35-25(26,27)28/h8-13,15,24H,3-7,14H2,1-2H3,(H,29,34)(H,30,31). The molecule has 1 aliphatic carbocycles. The zero-order valence-corrected chi connectivity index (χ0v) is 20.9. The monoisotopic (exact) mass is 519 g/mol. The Morgan fingerprint density at radius 2 is 1.83 bits per heavy atom. The Bertz CT molecular complexity index is 1260. The van der Waals surface area contributed by atoms with Crippen LogP contribution in [-0.4, -0.2) is 44.2 Å². The highest BCUT2D eigenvalue weighted by molar-refractivity contribution is 7.22. The number of fused-ring (bicyclic) bond motifs is 2. The molecule has 2 aliphatic rings. The lowest BCUT2D eigenvalue weighted by molar-refractivity contribution is -0.274. The summed E-state index contributed by atoms with van der Waals surface area (Å²) in [5, 5.41) is 7.02. The molecule has 7 nitrogen and oxygen atoms in total. The van der Waals surface area contributed by atoms with Gasteiger partial charge in [0.05, 0.1) is 21.6 Å². The summed E-state index contributed by atoms with van der Waals surface area (Å²) in [6, 6.07) is 9.75. The Kier molecular flexibility index (Phi) is 6.59. The van der Waals surface area contributed by atoms with E-state index in [0.29, 0.717) is 33.4 Å². The summed E-state index contributed by atoms with van der Waals surface area (Å²) in [6.07, 6.45) is 1.08. The maximum atomic E-state index is 12.8. The van der Waals surface area contributed by atoms with E-state index in [1.165, 1.54) is 61.6 Å². The van der Waals surface area contributed by atoms with Gasteiger partial charge in [0.2, 0.25) is 0 Å². The molecule has 1 aromatic heterocycles. The lowest BCUT2D eigenvalue weighted by Gasteiger charge is -2.28. The number of hydrogen-bond acceptors (Lipinski definition) is 7. The molecule has 1 saturated carbocycles. The number of carbonyl (C=O) groups excluding carboxylic acids is 1. The molecule has 2 N–H and O–H groups in total. The van der Waals surface area contributed by atoms with Gasteiger partial charge in [-0.1, -0.05) is 30.6 Å². The summed E-state index contributed by atoms with van der Waals surface area (Å²) in [5.41, 5.74) is 3.06. The van der Waals surface area contributed by atoms with E-state index in [1.807, 2.05) is 42.1 Å². The maximum Gasteiger partial charge on any atom is 0.573 e. The Morgan fingerprint density at radius 1 is 1.08 bits per heavy atom. The van der Waals surface area contributed by atoms with E-state index in [2.05, 4.69) is 20.4 Å². The van der Waals surface area contributed by atoms with Crippen LogP contribution in [0.25, 0.3) is 10.2 Å². The lowest BCUT2D eigenvalue weighted by Crippen LogP contribution is -2.45. The van der Waals surface area contributed by atoms with Gasteiger partial charge in [0, 0.05) is 32.3 Å². The average molecular weight is 520 g/mol. The fourth-order valence-corrected chi connectivity index (χ4v) is 5.88. The second-order valence-electron chi connectivity index (χ2n) is 9.35. The third-order valence-electron chi connectivity index (χ3n) is 6.85. The van der Waals surface area contributed by atoms with Crippen LogP contribution in [0.2, 0.25) is 0 Å². The van der Waals surface area contributed by atoms with E-state index in [1.54, 1.807) is 0 Å². The molecule has 5 rings (SSSR count). The van der Waals surface area contributed by atoms with Crippen molar-refractivity contribution in [2.24, 2.45) is 5.92 Å². The molecule has 1 unspecified atom stereocenters. The minimum atomic E-state index is -4.74. The first-order valence-electron chi connectivity index (χ1n) is 12.0. The number of nitrogens with zero attached hydrogens (tertiary/aromatic N) is 3. The molecule has 1 fully saturated rings. The maximum absolute atomic E-state index is 12.8. The van der Waals surface area contributed by atoms with Gasteiger partial charge in [0.1, 0.15) is 5.75 Å². The topological polar surface area (TPSA) is 69.7 Å². The number of nitrogens with one attached hydrogen (secondary N) is 2. The first kappa shape index (κ1) is 24.5. The second kappa shape index (κ2) is 9.68. The van der Waals surface area contributed by atoms with Gasteiger partial charge >= 0.3 is 6.36 Å². The molecule has 1 atom stereocenters. The van der Waals surface area contributed by atoms with Crippen molar-refractivity contribution in [3.8, 4) is 5.75 Å². The van der Waals surface area contributed by atoms with Crippen LogP contribution in [-0.2, 0) is 0 Å². The fraction of sp³-hybridized carbons (Fsp3) is 0.440. The number of rotatable bonds is 6. The predicted octanol–water partition coefficient (Wildman–Crippen LogP) is 5.79. The highest BCUT2D eigenvalue weighted by Crippen LogP contribution is 2.40. The van der Waals surface area contributed by atoms with Crippen molar-refractivity contribution in [1.82, 2.24) is 10.3 Å². The van der Waals surface area contributed by atoms with Gasteiger partial charge in [-0.25, -0.2) is 4.98 Å². The van der Waals surface area contributed by atoms with Crippen molar-refractivity contribution in [1.29, 1.82) is 0 Å². The number of ether oxygens (including phenoxy) is 1. The van der Waals surface area contributed by atoms with Gasteiger partial charge in [0.25, 0.3) is 5.91 Å². The first-order chi connectivity index (χ1) is 17.2. The number of carbonyl (C=O) groups is 1. The van der Waals surface area contributed by atoms with E-state index in [-0.39, 0.29) is 17.9 Å². The minimum absolute atomic E-state index is 0.0705. The van der Waals surface area contributed by atoms with Crippen LogP contribution in [0.5, 0.6) is 5.75 Å². The molecular weight excluding hydrogens is 491 g/mol. The Balaban J connectivity index is 1.28. The highest BCUT2D eigenvalue weighted by atomic mass is 32.1. The van der Waals surface area contributed by atoms with Crippen LogP contribution in [0, 0.1) is 5.92 Å². The minimum Gasteiger partial charge on any atom is -0.406 e. The molecule has 0 saturated heterocycles. The van der Waals surface area contributed by atoms with Crippen molar-refractivity contribution in [3.63, 3.8) is 0 Å². The number of halogens is 3. The molecule has 2 heterocycles. The molecule has 0 radical (unpaired) electrons. The molecule has 1 amide bonds.